The van der Waals surface area contributed by atoms with E-state index in [2.05, 4.69) is 32.9 Å². The predicted octanol–water partition coefficient (Wildman–Crippen LogP) is 14.0. The number of ether oxygens (including phenoxy) is 1. The van der Waals surface area contributed by atoms with Crippen molar-refractivity contribution in [1.29, 1.82) is 0 Å². The molecule has 5 N–H and O–H groups in total. The maximum atomic E-state index is 11.1. The van der Waals surface area contributed by atoms with Crippen LogP contribution in [0.4, 0.5) is 0 Å². The van der Waals surface area contributed by atoms with Crippen molar-refractivity contribution < 1.29 is 49.7 Å². The molecule has 11 nitrogen and oxygen atoms in total. The molecular weight excluding hydrogens is 851 g/mol. The fourth-order valence-corrected chi connectivity index (χ4v) is 6.84. The second-order valence-electron chi connectivity index (χ2n) is 16.8. The molecule has 1 unspecified atom stereocenters. The Kier molecular flexibility index (Phi) is 72.0. The summed E-state index contributed by atoms with van der Waals surface area (Å²) >= 11 is 0. The summed E-state index contributed by atoms with van der Waals surface area (Å²) < 4.78 is 69.0. The molecule has 0 heterocycles. The summed E-state index contributed by atoms with van der Waals surface area (Å²) in [5.74, 6) is -0.540. The second kappa shape index (κ2) is 59.9. The molecule has 0 aromatic carbocycles. The first-order chi connectivity index (χ1) is 28.5. The van der Waals surface area contributed by atoms with E-state index < -0.39 is 26.8 Å². The van der Waals surface area contributed by atoms with Crippen molar-refractivity contribution in [3.05, 3.63) is 12.2 Å². The van der Waals surface area contributed by atoms with Crippen molar-refractivity contribution in [2.75, 3.05) is 13.2 Å². The number of aliphatic carboxylic acids is 1. The topological polar surface area (TPSA) is 196 Å². The van der Waals surface area contributed by atoms with Gasteiger partial charge in [0.1, 0.15) is 0 Å². The number of carboxylic acid groups (broad SMARTS) is 1. The Morgan fingerprint density at radius 1 is 0.435 bits per heavy atom. The molecule has 15 heteroatoms. The van der Waals surface area contributed by atoms with E-state index in [1.807, 2.05) is 13.8 Å². The molecule has 0 rings (SSSR count). The normalized spacial score (nSPS) is 11.6. The molecule has 0 aliphatic rings. The molecule has 0 saturated heterocycles. The Labute approximate surface area is 428 Å². The zero-order chi connectivity index (χ0) is 46.0. The van der Waals surface area contributed by atoms with Crippen LogP contribution >= 0.6 is 0 Å². The van der Waals surface area contributed by atoms with Gasteiger partial charge in [0.15, 0.2) is 0 Å². The molecule has 0 aromatic rings. The number of carbonyl (C=O) groups is 1. The van der Waals surface area contributed by atoms with Crippen LogP contribution in [0.5, 0.6) is 0 Å². The number of rotatable bonds is 40. The first-order valence-corrected chi connectivity index (χ1v) is 27.2. The number of allylic oxidation sites excluding steroid dienone is 2. The van der Waals surface area contributed by atoms with Gasteiger partial charge < -0.3 is 9.84 Å². The Bertz CT molecular complexity index is 1020. The first-order valence-electron chi connectivity index (χ1n) is 24.4. The van der Waals surface area contributed by atoms with Crippen LogP contribution < -0.4 is 0 Å². The quantitative estimate of drug-likeness (QED) is 0.0170. The van der Waals surface area contributed by atoms with Gasteiger partial charge in [0.25, 0.3) is 0 Å². The van der Waals surface area contributed by atoms with Crippen LogP contribution in [0.3, 0.4) is 0 Å². The molecule has 0 radical (unpaired) electrons. The molecule has 0 aromatic heterocycles. The predicted molar refractivity (Wildman–Crippen MR) is 267 cm³/mol. The molecule has 0 amide bonds. The molecule has 0 bridgehead atoms. The van der Waals surface area contributed by atoms with Gasteiger partial charge in [0, 0.05) is 13.2 Å². The van der Waals surface area contributed by atoms with Gasteiger partial charge >= 0.3 is 85.9 Å². The second-order valence-corrected chi connectivity index (χ2v) is 18.6. The van der Waals surface area contributed by atoms with Gasteiger partial charge in [0.2, 0.25) is 0 Å². The minimum absolute atomic E-state index is 0. The third kappa shape index (κ3) is 91.4. The molecule has 368 valence electrons. The summed E-state index contributed by atoms with van der Waals surface area (Å²) in [6.45, 7) is 12.9. The summed E-state index contributed by atoms with van der Waals surface area (Å²) in [6, 6.07) is 0. The fourth-order valence-electron chi connectivity index (χ4n) is 6.84. The van der Waals surface area contributed by atoms with E-state index in [-0.39, 0.29) is 71.0 Å². The van der Waals surface area contributed by atoms with Crippen LogP contribution in [0.15, 0.2) is 12.2 Å². The van der Waals surface area contributed by atoms with Crippen LogP contribution in [0, 0.1) is 11.8 Å². The Morgan fingerprint density at radius 3 is 0.903 bits per heavy atom. The van der Waals surface area contributed by atoms with E-state index in [0.29, 0.717) is 0 Å². The number of carboxylic acids is 1. The molecule has 0 aliphatic heterocycles. The van der Waals surface area contributed by atoms with Crippen LogP contribution in [0.1, 0.15) is 259 Å². The van der Waals surface area contributed by atoms with Crippen LogP contribution in [-0.4, -0.2) is 118 Å². The Hall–Kier alpha value is 0.910. The van der Waals surface area contributed by atoms with Crippen molar-refractivity contribution in [3.8, 4) is 0 Å². The molecule has 1 atom stereocenters. The summed E-state index contributed by atoms with van der Waals surface area (Å²) in [5, 5.41) is 9.14. The Morgan fingerprint density at radius 2 is 0.661 bits per heavy atom. The van der Waals surface area contributed by atoms with Crippen LogP contribution in [0.2, 0.25) is 0 Å². The van der Waals surface area contributed by atoms with E-state index in [1.54, 1.807) is 0 Å². The number of unbranched alkanes of at least 4 members (excludes halogenated alkanes) is 30. The van der Waals surface area contributed by atoms with Crippen molar-refractivity contribution in [3.63, 3.8) is 0 Å². The zero-order valence-electron chi connectivity index (χ0n) is 39.5. The van der Waals surface area contributed by atoms with Gasteiger partial charge in [-0.15, -0.1) is 0 Å². The summed E-state index contributed by atoms with van der Waals surface area (Å²) in [6.07, 6.45) is 52.0. The molecule has 0 saturated carbocycles. The first kappa shape index (κ1) is 74.4. The average molecular weight is 951 g/mol. The third-order valence-corrected chi connectivity index (χ3v) is 10.4. The summed E-state index contributed by atoms with van der Waals surface area (Å²) in [5.41, 5.74) is 0. The van der Waals surface area contributed by atoms with Gasteiger partial charge in [-0.05, 0) is 50.9 Å². The molecule has 0 aliphatic carbocycles. The van der Waals surface area contributed by atoms with Crippen molar-refractivity contribution in [2.45, 2.75) is 259 Å². The van der Waals surface area contributed by atoms with Gasteiger partial charge in [-0.2, -0.15) is 16.8 Å². The monoisotopic (exact) mass is 951 g/mol. The SMILES string of the molecule is CCCCCCCCC=CCCCCCCC(C(=O)O)C(C)C.CCCCCCCCCCCCCOCCCCCCCCCCCCC.O=S(=O)(O)O.O=S(=O)(O)O.[NaH].[NaH]. The summed E-state index contributed by atoms with van der Waals surface area (Å²) in [7, 11) is -9.33. The number of hydrogen-bond acceptors (Lipinski definition) is 6. The standard InChI is InChI=1S/C26H54O.C21H40O2.2Na.2H2O4S.2H/c1-3-5-7-9-11-13-15-17-19-21-23-25-27-26-24-22-20-18-16-14-12-10-8-6-4-2;1-4-5-6-7-8-9-10-11-12-13-14-15-16-17-18-20(19(2)3)21(22)23;;;2*1-5(2,3)4;;/h3-26H2,1-2H3;11-12,19-20H,4-10,13-18H2,1-3H3,(H,22,23);;;2*(H2,1,2,3,4);;. The maximum absolute atomic E-state index is 11.1. The van der Waals surface area contributed by atoms with Gasteiger partial charge in [0.05, 0.1) is 5.92 Å². The van der Waals surface area contributed by atoms with Crippen LogP contribution in [0.25, 0.3) is 0 Å². The third-order valence-electron chi connectivity index (χ3n) is 10.4. The van der Waals surface area contributed by atoms with E-state index in [9.17, 15) is 4.79 Å². The fraction of sp³-hybridized carbons (Fsp3) is 0.936. The van der Waals surface area contributed by atoms with Crippen LogP contribution in [-0.2, 0) is 30.3 Å². The van der Waals surface area contributed by atoms with E-state index in [4.69, 9.17) is 44.9 Å². The van der Waals surface area contributed by atoms with Gasteiger partial charge in [-0.25, -0.2) is 0 Å². The molecule has 0 fully saturated rings. The van der Waals surface area contributed by atoms with Gasteiger partial charge in [-0.1, -0.05) is 227 Å². The Balaban J connectivity index is -0.000000203. The van der Waals surface area contributed by atoms with Crippen molar-refractivity contribution >= 4 is 85.9 Å². The minimum atomic E-state index is -4.67. The summed E-state index contributed by atoms with van der Waals surface area (Å²) in [4.78, 5) is 11.1. The van der Waals surface area contributed by atoms with E-state index in [0.717, 1.165) is 26.1 Å². The zero-order valence-corrected chi connectivity index (χ0v) is 41.1. The van der Waals surface area contributed by atoms with Gasteiger partial charge in [-0.3, -0.25) is 23.0 Å². The van der Waals surface area contributed by atoms with E-state index in [1.165, 1.54) is 212 Å². The van der Waals surface area contributed by atoms with Crippen molar-refractivity contribution in [2.24, 2.45) is 11.8 Å². The molecule has 62 heavy (non-hydrogen) atoms. The van der Waals surface area contributed by atoms with E-state index >= 15 is 0 Å². The number of hydrogen-bond donors (Lipinski definition) is 5. The average Bonchev–Trinajstić information content (AvgIpc) is 3.15. The molecule has 0 spiro atoms. The molecular formula is C47H100Na2O11S2. The van der Waals surface area contributed by atoms with Crippen molar-refractivity contribution in [1.82, 2.24) is 0 Å².